The maximum absolute atomic E-state index is 12.6. The van der Waals surface area contributed by atoms with E-state index < -0.39 is 0 Å². The van der Waals surface area contributed by atoms with Gasteiger partial charge in [0.15, 0.2) is 0 Å². The lowest BCUT2D eigenvalue weighted by Crippen LogP contribution is -2.34. The van der Waals surface area contributed by atoms with Crippen LogP contribution in [0.4, 0.5) is 5.69 Å². The fraction of sp³-hybridized carbons (Fsp3) is 0.533. The van der Waals surface area contributed by atoms with Crippen molar-refractivity contribution >= 4 is 11.6 Å². The SMILES string of the molecule is COc1cccc(N)c1C(=O)N1CCCCCCC1. The van der Waals surface area contributed by atoms with Gasteiger partial charge in [0.25, 0.3) is 5.91 Å². The molecule has 0 aromatic heterocycles. The summed E-state index contributed by atoms with van der Waals surface area (Å²) >= 11 is 0. The molecule has 1 amide bonds. The summed E-state index contributed by atoms with van der Waals surface area (Å²) in [7, 11) is 1.57. The van der Waals surface area contributed by atoms with Crippen LogP contribution in [-0.2, 0) is 0 Å². The predicted octanol–water partition coefficient (Wildman–Crippen LogP) is 2.68. The maximum atomic E-state index is 12.6. The van der Waals surface area contributed by atoms with E-state index in [2.05, 4.69) is 0 Å². The van der Waals surface area contributed by atoms with Crippen molar-refractivity contribution in [3.63, 3.8) is 0 Å². The van der Waals surface area contributed by atoms with Crippen LogP contribution in [0.1, 0.15) is 42.5 Å². The minimum atomic E-state index is -0.00292. The summed E-state index contributed by atoms with van der Waals surface area (Å²) < 4.78 is 5.27. The topological polar surface area (TPSA) is 55.6 Å². The quantitative estimate of drug-likeness (QED) is 0.834. The molecule has 0 spiro atoms. The number of ether oxygens (including phenoxy) is 1. The lowest BCUT2D eigenvalue weighted by atomic mass is 10.1. The van der Waals surface area contributed by atoms with Crippen LogP contribution >= 0.6 is 0 Å². The molecule has 1 aliphatic heterocycles. The van der Waals surface area contributed by atoms with Gasteiger partial charge in [0.1, 0.15) is 11.3 Å². The normalized spacial score (nSPS) is 16.6. The van der Waals surface area contributed by atoms with Crippen molar-refractivity contribution in [2.75, 3.05) is 25.9 Å². The summed E-state index contributed by atoms with van der Waals surface area (Å²) in [5, 5.41) is 0. The summed E-state index contributed by atoms with van der Waals surface area (Å²) in [6.07, 6.45) is 5.82. The van der Waals surface area contributed by atoms with E-state index in [-0.39, 0.29) is 5.91 Å². The van der Waals surface area contributed by atoms with E-state index in [9.17, 15) is 4.79 Å². The first-order valence-corrected chi connectivity index (χ1v) is 6.96. The molecule has 104 valence electrons. The van der Waals surface area contributed by atoms with E-state index in [0.717, 1.165) is 25.9 Å². The van der Waals surface area contributed by atoms with Crippen LogP contribution in [0.3, 0.4) is 0 Å². The number of nitrogens with two attached hydrogens (primary N) is 1. The van der Waals surface area contributed by atoms with Crippen LogP contribution in [0, 0.1) is 0 Å². The molecule has 19 heavy (non-hydrogen) atoms. The number of rotatable bonds is 2. The van der Waals surface area contributed by atoms with Crippen LogP contribution in [0.5, 0.6) is 5.75 Å². The molecule has 4 nitrogen and oxygen atoms in total. The average molecular weight is 262 g/mol. The Morgan fingerprint density at radius 3 is 2.42 bits per heavy atom. The highest BCUT2D eigenvalue weighted by Gasteiger charge is 2.22. The lowest BCUT2D eigenvalue weighted by molar-refractivity contribution is 0.0740. The molecule has 0 aliphatic carbocycles. The van der Waals surface area contributed by atoms with Gasteiger partial charge in [-0.3, -0.25) is 4.79 Å². The molecule has 1 fully saturated rings. The molecule has 2 N–H and O–H groups in total. The van der Waals surface area contributed by atoms with Crippen molar-refractivity contribution in [1.82, 2.24) is 4.90 Å². The third-order valence-corrected chi connectivity index (χ3v) is 3.64. The fourth-order valence-corrected chi connectivity index (χ4v) is 2.56. The number of methoxy groups -OCH3 is 1. The molecular formula is C15H22N2O2. The van der Waals surface area contributed by atoms with E-state index >= 15 is 0 Å². The Morgan fingerprint density at radius 1 is 1.16 bits per heavy atom. The van der Waals surface area contributed by atoms with Gasteiger partial charge in [-0.25, -0.2) is 0 Å². The summed E-state index contributed by atoms with van der Waals surface area (Å²) in [4.78, 5) is 14.5. The first-order chi connectivity index (χ1) is 9.24. The molecule has 0 saturated carbocycles. The first kappa shape index (κ1) is 13.7. The highest BCUT2D eigenvalue weighted by Crippen LogP contribution is 2.26. The molecular weight excluding hydrogens is 240 g/mol. The number of benzene rings is 1. The molecule has 1 saturated heterocycles. The maximum Gasteiger partial charge on any atom is 0.259 e. The fourth-order valence-electron chi connectivity index (χ4n) is 2.56. The number of amides is 1. The van der Waals surface area contributed by atoms with Crippen LogP contribution in [-0.4, -0.2) is 31.0 Å². The summed E-state index contributed by atoms with van der Waals surface area (Å²) in [5.41, 5.74) is 6.94. The number of nitrogens with zero attached hydrogens (tertiary/aromatic N) is 1. The highest BCUT2D eigenvalue weighted by atomic mass is 16.5. The second-order valence-electron chi connectivity index (χ2n) is 4.98. The zero-order valence-electron chi connectivity index (χ0n) is 11.5. The summed E-state index contributed by atoms with van der Waals surface area (Å²) in [6.45, 7) is 1.63. The third kappa shape index (κ3) is 3.19. The van der Waals surface area contributed by atoms with Crippen molar-refractivity contribution < 1.29 is 9.53 Å². The van der Waals surface area contributed by atoms with Crippen LogP contribution in [0.15, 0.2) is 18.2 Å². The number of carbonyl (C=O) groups is 1. The second kappa shape index (κ2) is 6.45. The van der Waals surface area contributed by atoms with Gasteiger partial charge >= 0.3 is 0 Å². The third-order valence-electron chi connectivity index (χ3n) is 3.64. The number of hydrogen-bond donors (Lipinski definition) is 1. The summed E-state index contributed by atoms with van der Waals surface area (Å²) in [5.74, 6) is 0.559. The molecule has 0 radical (unpaired) electrons. The largest absolute Gasteiger partial charge is 0.496 e. The zero-order chi connectivity index (χ0) is 13.7. The number of nitrogen functional groups attached to an aromatic ring is 1. The van der Waals surface area contributed by atoms with Gasteiger partial charge in [-0.05, 0) is 25.0 Å². The molecule has 4 heteroatoms. The van der Waals surface area contributed by atoms with E-state index in [1.54, 1.807) is 25.3 Å². The molecule has 0 atom stereocenters. The average Bonchev–Trinajstić information content (AvgIpc) is 2.37. The predicted molar refractivity (Wildman–Crippen MR) is 76.4 cm³/mol. The van der Waals surface area contributed by atoms with Crippen molar-refractivity contribution in [2.24, 2.45) is 0 Å². The molecule has 1 aliphatic rings. The number of carbonyl (C=O) groups excluding carboxylic acids is 1. The molecule has 0 unspecified atom stereocenters. The first-order valence-electron chi connectivity index (χ1n) is 6.96. The highest BCUT2D eigenvalue weighted by molar-refractivity contribution is 6.01. The van der Waals surface area contributed by atoms with Gasteiger partial charge in [0.05, 0.1) is 7.11 Å². The Labute approximate surface area is 114 Å². The Bertz CT molecular complexity index is 438. The van der Waals surface area contributed by atoms with Gasteiger partial charge < -0.3 is 15.4 Å². The molecule has 0 bridgehead atoms. The smallest absolute Gasteiger partial charge is 0.259 e. The van der Waals surface area contributed by atoms with E-state index in [0.29, 0.717) is 17.0 Å². The van der Waals surface area contributed by atoms with Crippen molar-refractivity contribution in [3.05, 3.63) is 23.8 Å². The van der Waals surface area contributed by atoms with Gasteiger partial charge in [0.2, 0.25) is 0 Å². The Kier molecular flexibility index (Phi) is 4.66. The van der Waals surface area contributed by atoms with Gasteiger partial charge in [0, 0.05) is 18.8 Å². The Hall–Kier alpha value is -1.71. The van der Waals surface area contributed by atoms with Crippen LogP contribution < -0.4 is 10.5 Å². The Balaban J connectivity index is 2.22. The number of hydrogen-bond acceptors (Lipinski definition) is 3. The van der Waals surface area contributed by atoms with Crippen molar-refractivity contribution in [1.29, 1.82) is 0 Å². The van der Waals surface area contributed by atoms with E-state index in [1.165, 1.54) is 19.3 Å². The minimum Gasteiger partial charge on any atom is -0.496 e. The van der Waals surface area contributed by atoms with Crippen molar-refractivity contribution in [2.45, 2.75) is 32.1 Å². The van der Waals surface area contributed by atoms with Gasteiger partial charge in [-0.1, -0.05) is 25.3 Å². The summed E-state index contributed by atoms with van der Waals surface area (Å²) in [6, 6.07) is 5.34. The number of anilines is 1. The lowest BCUT2D eigenvalue weighted by Gasteiger charge is -2.26. The Morgan fingerprint density at radius 2 is 1.79 bits per heavy atom. The molecule has 2 rings (SSSR count). The molecule has 1 aromatic carbocycles. The van der Waals surface area contributed by atoms with Crippen molar-refractivity contribution in [3.8, 4) is 5.75 Å². The van der Waals surface area contributed by atoms with E-state index in [4.69, 9.17) is 10.5 Å². The second-order valence-corrected chi connectivity index (χ2v) is 4.98. The van der Waals surface area contributed by atoms with Crippen LogP contribution in [0.25, 0.3) is 0 Å². The zero-order valence-corrected chi connectivity index (χ0v) is 11.5. The van der Waals surface area contributed by atoms with Gasteiger partial charge in [-0.15, -0.1) is 0 Å². The molecule has 1 heterocycles. The molecule has 1 aromatic rings. The number of likely N-dealkylation sites (tertiary alicyclic amines) is 1. The van der Waals surface area contributed by atoms with E-state index in [1.807, 2.05) is 4.90 Å². The standard InChI is InChI=1S/C15H22N2O2/c1-19-13-9-7-8-12(16)14(13)15(18)17-10-5-3-2-4-6-11-17/h7-9H,2-6,10-11,16H2,1H3. The van der Waals surface area contributed by atoms with Gasteiger partial charge in [-0.2, -0.15) is 0 Å². The minimum absolute atomic E-state index is 0.00292. The van der Waals surface area contributed by atoms with Crippen LogP contribution in [0.2, 0.25) is 0 Å². The monoisotopic (exact) mass is 262 g/mol.